The van der Waals surface area contributed by atoms with Crippen molar-refractivity contribution in [3.05, 3.63) is 0 Å². The third-order valence-electron chi connectivity index (χ3n) is 9.09. The molecule has 3 fully saturated rings. The number of nitrogens with two attached hydrogens (primary N) is 1. The number of alkyl halides is 3. The van der Waals surface area contributed by atoms with Gasteiger partial charge in [0, 0.05) is 19.6 Å². The second-order valence-corrected chi connectivity index (χ2v) is 18.1. The molecule has 3 rings (SSSR count). The van der Waals surface area contributed by atoms with Gasteiger partial charge in [-0.2, -0.15) is 13.2 Å². The molecule has 0 aromatic heterocycles. The van der Waals surface area contributed by atoms with Gasteiger partial charge in [-0.15, -0.1) is 0 Å². The van der Waals surface area contributed by atoms with E-state index in [1.54, 1.807) is 62.3 Å². The van der Waals surface area contributed by atoms with Gasteiger partial charge in [0.05, 0.1) is 30.8 Å². The molecule has 2 aliphatic heterocycles. The quantitative estimate of drug-likeness (QED) is 0.162. The molecule has 3 aliphatic rings. The van der Waals surface area contributed by atoms with Crippen LogP contribution in [0.5, 0.6) is 0 Å². The van der Waals surface area contributed by atoms with E-state index < -0.39 is 127 Å². The largest absolute Gasteiger partial charge is 0.471 e. The number of amides is 4. The number of aliphatic hydroxyl groups excluding tert-OH is 2. The summed E-state index contributed by atoms with van der Waals surface area (Å²) < 4.78 is 80.5. The number of carbonyl (C=O) groups excluding carboxylic acids is 4. The smallest absolute Gasteiger partial charge is 0.444 e. The van der Waals surface area contributed by atoms with E-state index in [4.69, 9.17) is 38.9 Å². The lowest BCUT2D eigenvalue weighted by molar-refractivity contribution is -0.315. The Morgan fingerprint density at radius 3 is 1.81 bits per heavy atom. The molecule has 0 spiro atoms. The van der Waals surface area contributed by atoms with Gasteiger partial charge in [-0.1, -0.05) is 0 Å². The van der Waals surface area contributed by atoms with Crippen molar-refractivity contribution in [1.29, 1.82) is 0 Å². The number of aliphatic hydroxyl groups is 3. The molecular formula is C36H62F3N5O14. The van der Waals surface area contributed by atoms with Crippen molar-refractivity contribution < 1.29 is 80.8 Å². The van der Waals surface area contributed by atoms with Gasteiger partial charge in [0.1, 0.15) is 46.8 Å². The Morgan fingerprint density at radius 1 is 0.793 bits per heavy atom. The molecule has 0 aromatic carbocycles. The summed E-state index contributed by atoms with van der Waals surface area (Å²) in [5, 5.41) is 42.0. The third kappa shape index (κ3) is 14.2. The van der Waals surface area contributed by atoms with Gasteiger partial charge >= 0.3 is 30.4 Å². The standard InChI is InChI=1S/C36H62F3N5O14/c1-32(2,3)56-29(48)41-15-17-12-13-19(42-30(49)57-33(4,5)6)26(53-17)55-24-20(43-31(50)58-34(7,8)9)14-18(40)23(21(24)45)54-27-22(46)25(35(10,51)16-52-27)44(11)28(47)36(37,38)39/h17-27,45-46,51H,12-16,40H2,1-11H3,(H,41,48)(H,42,49)(H,43,50)/t17?,18-,19?,20?,21-,22?,23?,24-,25?,26-,27-,35+/m1/s1. The lowest BCUT2D eigenvalue weighted by Gasteiger charge is -2.50. The molecule has 4 amide bonds. The number of nitrogens with one attached hydrogen (secondary N) is 3. The number of ether oxygens (including phenoxy) is 7. The summed E-state index contributed by atoms with van der Waals surface area (Å²) in [5.41, 5.74) is 1.67. The summed E-state index contributed by atoms with van der Waals surface area (Å²) in [5.74, 6) is -2.35. The van der Waals surface area contributed by atoms with Crippen LogP contribution in [-0.4, -0.2) is 160 Å². The van der Waals surface area contributed by atoms with Crippen molar-refractivity contribution in [2.24, 2.45) is 5.73 Å². The predicted octanol–water partition coefficient (Wildman–Crippen LogP) is 1.52. The molecule has 58 heavy (non-hydrogen) atoms. The Balaban J connectivity index is 1.96. The van der Waals surface area contributed by atoms with E-state index in [1.165, 1.54) is 0 Å². The Morgan fingerprint density at radius 2 is 1.29 bits per heavy atom. The monoisotopic (exact) mass is 845 g/mol. The SMILES string of the molecule is CN(C(=O)C(F)(F)F)C1C(O)[C@@H](OC2[C@H](N)CC(NC(=O)OC(C)(C)C)[C@@H](O[C@H]3OC(CNC(=O)OC(C)(C)C)CCC3NC(=O)OC(C)(C)C)[C@@H]2O)OC[C@]1(C)O. The molecule has 336 valence electrons. The molecule has 1 saturated carbocycles. The second kappa shape index (κ2) is 18.6. The fourth-order valence-corrected chi connectivity index (χ4v) is 6.79. The fraction of sp³-hybridized carbons (Fsp3) is 0.889. The van der Waals surface area contributed by atoms with Crippen molar-refractivity contribution in [3.63, 3.8) is 0 Å². The lowest BCUT2D eigenvalue weighted by atomic mass is 9.83. The average Bonchev–Trinajstić information content (AvgIpc) is 3.02. The number of rotatable bonds is 9. The summed E-state index contributed by atoms with van der Waals surface area (Å²) in [6.07, 6.45) is -18.3. The first-order valence-electron chi connectivity index (χ1n) is 19.0. The molecule has 8 N–H and O–H groups in total. The van der Waals surface area contributed by atoms with E-state index >= 15 is 0 Å². The highest BCUT2D eigenvalue weighted by atomic mass is 19.4. The van der Waals surface area contributed by atoms with E-state index in [1.807, 2.05) is 0 Å². The van der Waals surface area contributed by atoms with Crippen LogP contribution < -0.4 is 21.7 Å². The second-order valence-electron chi connectivity index (χ2n) is 18.1. The molecule has 0 aromatic rings. The number of hydrogen-bond donors (Lipinski definition) is 7. The van der Waals surface area contributed by atoms with Gasteiger partial charge in [-0.05, 0) is 88.5 Å². The van der Waals surface area contributed by atoms with Crippen molar-refractivity contribution in [3.8, 4) is 0 Å². The van der Waals surface area contributed by atoms with Crippen LogP contribution in [0, 0.1) is 0 Å². The maximum atomic E-state index is 13.4. The van der Waals surface area contributed by atoms with E-state index in [0.29, 0.717) is 6.42 Å². The number of carbonyl (C=O) groups is 4. The Labute approximate surface area is 336 Å². The number of alkyl carbamates (subject to hydrolysis) is 3. The van der Waals surface area contributed by atoms with Crippen molar-refractivity contribution in [2.75, 3.05) is 20.2 Å². The predicted molar refractivity (Wildman–Crippen MR) is 196 cm³/mol. The highest BCUT2D eigenvalue weighted by Gasteiger charge is 2.56. The molecular weight excluding hydrogens is 783 g/mol. The van der Waals surface area contributed by atoms with Crippen molar-refractivity contribution in [1.82, 2.24) is 20.9 Å². The number of hydrogen-bond acceptors (Lipinski definition) is 15. The zero-order valence-electron chi connectivity index (χ0n) is 34.9. The van der Waals surface area contributed by atoms with Crippen LogP contribution in [-0.2, 0) is 38.0 Å². The minimum Gasteiger partial charge on any atom is -0.444 e. The molecule has 12 atom stereocenters. The van der Waals surface area contributed by atoms with Crippen molar-refractivity contribution >= 4 is 24.2 Å². The lowest BCUT2D eigenvalue weighted by Crippen LogP contribution is -2.70. The molecule has 2 saturated heterocycles. The first-order valence-corrected chi connectivity index (χ1v) is 19.0. The molecule has 1 aliphatic carbocycles. The maximum absolute atomic E-state index is 13.4. The summed E-state index contributed by atoms with van der Waals surface area (Å²) in [4.78, 5) is 50.7. The zero-order valence-corrected chi connectivity index (χ0v) is 34.9. The van der Waals surface area contributed by atoms with E-state index in [0.717, 1.165) is 14.0 Å². The minimum absolute atomic E-state index is 0.0511. The highest BCUT2D eigenvalue weighted by molar-refractivity contribution is 5.82. The first-order chi connectivity index (χ1) is 26.3. The summed E-state index contributed by atoms with van der Waals surface area (Å²) in [7, 11) is 0.751. The minimum atomic E-state index is -5.34. The van der Waals surface area contributed by atoms with E-state index in [2.05, 4.69) is 16.0 Å². The molecule has 22 heteroatoms. The van der Waals surface area contributed by atoms with Crippen molar-refractivity contribution in [2.45, 2.75) is 184 Å². The molecule has 19 nitrogen and oxygen atoms in total. The van der Waals surface area contributed by atoms with E-state index in [9.17, 15) is 47.7 Å². The highest BCUT2D eigenvalue weighted by Crippen LogP contribution is 2.35. The van der Waals surface area contributed by atoms with Gasteiger partial charge in [-0.25, -0.2) is 14.4 Å². The van der Waals surface area contributed by atoms with Crippen LogP contribution in [0.1, 0.15) is 88.5 Å². The average molecular weight is 846 g/mol. The van der Waals surface area contributed by atoms with Crippen LogP contribution in [0.4, 0.5) is 27.6 Å². The molecule has 0 bridgehead atoms. The van der Waals surface area contributed by atoms with Crippen LogP contribution in [0.3, 0.4) is 0 Å². The first kappa shape index (κ1) is 49.1. The van der Waals surface area contributed by atoms with E-state index in [-0.39, 0.29) is 24.3 Å². The Kier molecular flexibility index (Phi) is 15.7. The number of likely N-dealkylation sites (N-methyl/N-ethyl adjacent to an activating group) is 1. The third-order valence-corrected chi connectivity index (χ3v) is 9.09. The van der Waals surface area contributed by atoms with Crippen LogP contribution in [0.25, 0.3) is 0 Å². The van der Waals surface area contributed by atoms with Crippen LogP contribution in [0.2, 0.25) is 0 Å². The maximum Gasteiger partial charge on any atom is 0.471 e. The fourth-order valence-electron chi connectivity index (χ4n) is 6.79. The Hall–Kier alpha value is -3.25. The summed E-state index contributed by atoms with van der Waals surface area (Å²) in [6, 6.07) is -5.13. The summed E-state index contributed by atoms with van der Waals surface area (Å²) in [6.45, 7) is 15.2. The zero-order chi connectivity index (χ0) is 44.3. The van der Waals surface area contributed by atoms with Gasteiger partial charge in [0.15, 0.2) is 12.6 Å². The van der Waals surface area contributed by atoms with Gasteiger partial charge in [0.25, 0.3) is 0 Å². The number of halogens is 3. The summed E-state index contributed by atoms with van der Waals surface area (Å²) >= 11 is 0. The van der Waals surface area contributed by atoms with Gasteiger partial charge in [0.2, 0.25) is 0 Å². The topological polar surface area (TPSA) is 259 Å². The molecule has 0 radical (unpaired) electrons. The normalized spacial score (nSPS) is 33.7. The Bertz CT molecular complexity index is 1440. The van der Waals surface area contributed by atoms with Gasteiger partial charge < -0.3 is 75.1 Å². The van der Waals surface area contributed by atoms with Crippen LogP contribution in [0.15, 0.2) is 0 Å². The van der Waals surface area contributed by atoms with Crippen LogP contribution >= 0.6 is 0 Å². The molecule has 2 heterocycles. The number of nitrogens with zero attached hydrogens (tertiary/aromatic N) is 1. The molecule has 6 unspecified atom stereocenters. The van der Waals surface area contributed by atoms with Gasteiger partial charge in [-0.3, -0.25) is 4.79 Å².